The molecule has 1 aliphatic heterocycles. The number of rotatable bonds is 4. The molecule has 0 saturated heterocycles. The van der Waals surface area contributed by atoms with E-state index in [1.807, 2.05) is 25.1 Å². The molecule has 1 aliphatic rings. The zero-order valence-electron chi connectivity index (χ0n) is 19.2. The van der Waals surface area contributed by atoms with Crippen molar-refractivity contribution in [1.82, 2.24) is 4.98 Å². The Morgan fingerprint density at radius 3 is 2.63 bits per heavy atom. The first-order chi connectivity index (χ1) is 17.0. The summed E-state index contributed by atoms with van der Waals surface area (Å²) in [4.78, 5) is 33.9. The number of aryl methyl sites for hydroxylation is 1. The molecule has 5 aromatic rings. The van der Waals surface area contributed by atoms with Gasteiger partial charge < -0.3 is 13.9 Å². The molecule has 1 unspecified atom stereocenters. The van der Waals surface area contributed by atoms with E-state index in [9.17, 15) is 9.59 Å². The Kier molecular flexibility index (Phi) is 4.86. The number of carbonyl (C=O) groups is 1. The maximum Gasteiger partial charge on any atom is 0.297 e. The van der Waals surface area contributed by atoms with Crippen LogP contribution in [0.4, 0.5) is 5.13 Å². The third-order valence-electron chi connectivity index (χ3n) is 6.25. The van der Waals surface area contributed by atoms with E-state index in [0.717, 1.165) is 15.8 Å². The van der Waals surface area contributed by atoms with Gasteiger partial charge in [-0.05, 0) is 55.0 Å². The average Bonchev–Trinajstić information content (AvgIpc) is 3.41. The van der Waals surface area contributed by atoms with Crippen LogP contribution in [0.3, 0.4) is 0 Å². The van der Waals surface area contributed by atoms with Crippen LogP contribution < -0.4 is 19.8 Å². The van der Waals surface area contributed by atoms with Crippen LogP contribution in [0.1, 0.15) is 33.3 Å². The largest absolute Gasteiger partial charge is 0.497 e. The van der Waals surface area contributed by atoms with Crippen LogP contribution in [0, 0.1) is 6.92 Å². The van der Waals surface area contributed by atoms with Gasteiger partial charge in [0.15, 0.2) is 10.6 Å². The van der Waals surface area contributed by atoms with Gasteiger partial charge in [0, 0.05) is 5.56 Å². The summed E-state index contributed by atoms with van der Waals surface area (Å²) in [5.41, 5.74) is 2.85. The molecule has 0 fully saturated rings. The Bertz CT molecular complexity index is 1700. The molecule has 7 nitrogen and oxygen atoms in total. The van der Waals surface area contributed by atoms with E-state index in [2.05, 4.69) is 0 Å². The lowest BCUT2D eigenvalue weighted by Crippen LogP contribution is -2.29. The van der Waals surface area contributed by atoms with Crippen molar-refractivity contribution < 1.29 is 18.7 Å². The molecular weight excluding hydrogens is 464 g/mol. The van der Waals surface area contributed by atoms with Crippen molar-refractivity contribution in [2.45, 2.75) is 13.0 Å². The monoisotopic (exact) mass is 484 g/mol. The molecule has 1 amide bonds. The summed E-state index contributed by atoms with van der Waals surface area (Å²) < 4.78 is 18.1. The number of ether oxygens (including phenoxy) is 2. The highest BCUT2D eigenvalue weighted by atomic mass is 32.1. The Balaban J connectivity index is 1.67. The molecule has 0 saturated carbocycles. The molecule has 6 rings (SSSR count). The van der Waals surface area contributed by atoms with Crippen molar-refractivity contribution in [2.75, 3.05) is 19.1 Å². The third kappa shape index (κ3) is 3.21. The average molecular weight is 485 g/mol. The van der Waals surface area contributed by atoms with E-state index < -0.39 is 11.9 Å². The zero-order chi connectivity index (χ0) is 24.3. The van der Waals surface area contributed by atoms with Crippen molar-refractivity contribution in [2.24, 2.45) is 0 Å². The molecule has 3 heterocycles. The molecular formula is C27H20N2O5S. The van der Waals surface area contributed by atoms with Gasteiger partial charge in [-0.1, -0.05) is 29.5 Å². The molecule has 3 aromatic carbocycles. The van der Waals surface area contributed by atoms with Crippen LogP contribution in [-0.2, 0) is 0 Å². The Morgan fingerprint density at radius 2 is 1.83 bits per heavy atom. The maximum atomic E-state index is 13.9. The minimum Gasteiger partial charge on any atom is -0.497 e. The second-order valence-corrected chi connectivity index (χ2v) is 9.33. The molecule has 0 aliphatic carbocycles. The molecule has 1 atom stereocenters. The predicted molar refractivity (Wildman–Crippen MR) is 135 cm³/mol. The van der Waals surface area contributed by atoms with Crippen molar-refractivity contribution in [3.63, 3.8) is 0 Å². The highest BCUT2D eigenvalue weighted by molar-refractivity contribution is 7.22. The highest BCUT2D eigenvalue weighted by Gasteiger charge is 2.46. The fraction of sp³-hybridized carbons (Fsp3) is 0.148. The fourth-order valence-corrected chi connectivity index (χ4v) is 5.68. The third-order valence-corrected chi connectivity index (χ3v) is 7.27. The van der Waals surface area contributed by atoms with Crippen LogP contribution in [0.2, 0.25) is 0 Å². The summed E-state index contributed by atoms with van der Waals surface area (Å²) in [5, 5.41) is 0.882. The summed E-state index contributed by atoms with van der Waals surface area (Å²) in [6, 6.07) is 17.4. The lowest BCUT2D eigenvalue weighted by atomic mass is 9.97. The van der Waals surface area contributed by atoms with Gasteiger partial charge in [0.05, 0.1) is 35.4 Å². The van der Waals surface area contributed by atoms with Gasteiger partial charge in [0.1, 0.15) is 23.1 Å². The van der Waals surface area contributed by atoms with Crippen molar-refractivity contribution in [1.29, 1.82) is 0 Å². The Hall–Kier alpha value is -4.17. The number of benzene rings is 3. The fourth-order valence-electron chi connectivity index (χ4n) is 4.59. The van der Waals surface area contributed by atoms with E-state index in [1.54, 1.807) is 56.7 Å². The van der Waals surface area contributed by atoms with E-state index in [4.69, 9.17) is 18.9 Å². The smallest absolute Gasteiger partial charge is 0.297 e. The Labute approximate surface area is 204 Å². The van der Waals surface area contributed by atoms with Gasteiger partial charge in [0.25, 0.3) is 5.91 Å². The van der Waals surface area contributed by atoms with E-state index in [0.29, 0.717) is 33.2 Å². The van der Waals surface area contributed by atoms with Gasteiger partial charge in [-0.25, -0.2) is 4.98 Å². The quantitative estimate of drug-likeness (QED) is 0.336. The van der Waals surface area contributed by atoms with Gasteiger partial charge in [-0.3, -0.25) is 14.5 Å². The van der Waals surface area contributed by atoms with Crippen molar-refractivity contribution >= 4 is 43.6 Å². The first-order valence-electron chi connectivity index (χ1n) is 11.0. The van der Waals surface area contributed by atoms with Crippen LogP contribution in [-0.4, -0.2) is 25.1 Å². The minimum absolute atomic E-state index is 0.0130. The van der Waals surface area contributed by atoms with Gasteiger partial charge in [-0.2, -0.15) is 0 Å². The first kappa shape index (κ1) is 21.4. The number of para-hydroxylation sites is 1. The van der Waals surface area contributed by atoms with Crippen molar-refractivity contribution in [3.05, 3.63) is 93.3 Å². The molecule has 0 spiro atoms. The van der Waals surface area contributed by atoms with E-state index in [1.165, 1.54) is 16.2 Å². The number of carbonyl (C=O) groups excluding carboxylic acids is 1. The van der Waals surface area contributed by atoms with E-state index in [-0.39, 0.29) is 16.8 Å². The second kappa shape index (κ2) is 7.95. The number of fused-ring (bicyclic) bond motifs is 3. The molecule has 0 N–H and O–H groups in total. The molecule has 2 aromatic heterocycles. The lowest BCUT2D eigenvalue weighted by molar-refractivity contribution is 0.0971. The number of hydrogen-bond donors (Lipinski definition) is 0. The van der Waals surface area contributed by atoms with Crippen molar-refractivity contribution in [3.8, 4) is 11.5 Å². The summed E-state index contributed by atoms with van der Waals surface area (Å²) in [6.07, 6.45) is 0. The number of nitrogens with zero attached hydrogens (tertiary/aromatic N) is 2. The SMILES string of the molecule is COc1ccc(OC)c(C2c3c(oc4ccccc4c3=O)C(=O)N2c2nc3ccc(C)cc3s2)c1. The topological polar surface area (TPSA) is 81.9 Å². The number of hydrogen-bond acceptors (Lipinski definition) is 7. The van der Waals surface area contributed by atoms with Crippen LogP contribution in [0.15, 0.2) is 69.9 Å². The normalized spacial score (nSPS) is 15.1. The van der Waals surface area contributed by atoms with Crippen LogP contribution >= 0.6 is 11.3 Å². The first-order valence-corrected chi connectivity index (χ1v) is 11.8. The van der Waals surface area contributed by atoms with Crippen LogP contribution in [0.5, 0.6) is 11.5 Å². The van der Waals surface area contributed by atoms with Crippen LogP contribution in [0.25, 0.3) is 21.2 Å². The summed E-state index contributed by atoms with van der Waals surface area (Å²) in [6.45, 7) is 2.01. The maximum absolute atomic E-state index is 13.9. The standard InChI is InChI=1S/C27H20N2O5S/c1-14-8-10-18-21(12-14)35-27(28-18)29-23(17-13-15(32-2)9-11-19(17)33-3)22-24(30)16-6-4-5-7-20(16)34-25(22)26(29)31/h4-13,23H,1-3H3. The van der Waals surface area contributed by atoms with Gasteiger partial charge >= 0.3 is 0 Å². The van der Waals surface area contributed by atoms with Gasteiger partial charge in [0.2, 0.25) is 5.76 Å². The number of aromatic nitrogens is 1. The minimum atomic E-state index is -0.801. The zero-order valence-corrected chi connectivity index (χ0v) is 20.0. The lowest BCUT2D eigenvalue weighted by Gasteiger charge is -2.24. The Morgan fingerprint density at radius 1 is 1.00 bits per heavy atom. The summed E-state index contributed by atoms with van der Waals surface area (Å²) >= 11 is 1.39. The van der Waals surface area contributed by atoms with Gasteiger partial charge in [-0.15, -0.1) is 0 Å². The molecule has 174 valence electrons. The predicted octanol–water partition coefficient (Wildman–Crippen LogP) is 5.48. The molecule has 35 heavy (non-hydrogen) atoms. The number of thiazole rings is 1. The summed E-state index contributed by atoms with van der Waals surface area (Å²) in [5.74, 6) is 0.685. The summed E-state index contributed by atoms with van der Waals surface area (Å²) in [7, 11) is 3.12. The molecule has 8 heteroatoms. The number of anilines is 1. The van der Waals surface area contributed by atoms with E-state index >= 15 is 0 Å². The highest BCUT2D eigenvalue weighted by Crippen LogP contribution is 2.46. The molecule has 0 bridgehead atoms. The molecule has 0 radical (unpaired) electrons. The second-order valence-electron chi connectivity index (χ2n) is 8.32. The number of methoxy groups -OCH3 is 2. The number of amides is 1.